The minimum Gasteiger partial charge on any atom is -0.564 e. The van der Waals surface area contributed by atoms with Crippen molar-refractivity contribution in [3.63, 3.8) is 0 Å². The van der Waals surface area contributed by atoms with E-state index in [0.717, 1.165) is 19.3 Å². The summed E-state index contributed by atoms with van der Waals surface area (Å²) >= 11 is 0. The molecule has 1 unspecified atom stereocenters. The predicted octanol–water partition coefficient (Wildman–Crippen LogP) is -0.0258. The number of carbonyl (C=O) groups excluding carboxylic acids is 2. The maximum Gasteiger partial charge on any atom is 2.00 e. The number of esters is 1. The quantitative estimate of drug-likeness (QED) is 0.205. The fourth-order valence-corrected chi connectivity index (χ4v) is 2.73. The summed E-state index contributed by atoms with van der Waals surface area (Å²) < 4.78 is 9.82. The largest absolute Gasteiger partial charge is 2.00 e. The number of carboxylic acids is 1. The van der Waals surface area contributed by atoms with E-state index in [4.69, 9.17) is 9.47 Å². The third kappa shape index (κ3) is 8.53. The van der Waals surface area contributed by atoms with Crippen molar-refractivity contribution in [2.75, 3.05) is 6.54 Å². The third-order valence-electron chi connectivity index (χ3n) is 4.00. The Morgan fingerprint density at radius 2 is 1.67 bits per heavy atom. The molecule has 1 rings (SSSR count). The molecule has 0 aromatic rings. The number of hydrogen-bond donors (Lipinski definition) is 0. The number of carboxylic acid groups (broad SMARTS) is 1. The maximum atomic E-state index is 11.7. The third-order valence-corrected chi connectivity index (χ3v) is 4.00. The molecule has 1 aliphatic rings. The monoisotopic (exact) mass is 367 g/mol. The van der Waals surface area contributed by atoms with Gasteiger partial charge in [-0.3, -0.25) is 9.79 Å². The van der Waals surface area contributed by atoms with Crippen LogP contribution in [0, 0.1) is 11.3 Å². The summed E-state index contributed by atoms with van der Waals surface area (Å²) in [5.41, 5.74) is -0.534. The number of aliphatic carboxylic acids is 1. The molecule has 0 aromatic heterocycles. The van der Waals surface area contributed by atoms with Gasteiger partial charge in [0.25, 0.3) is 0 Å². The molecule has 0 aromatic carbocycles. The van der Waals surface area contributed by atoms with Crippen molar-refractivity contribution in [1.82, 2.24) is 0 Å². The van der Waals surface area contributed by atoms with E-state index in [1.54, 1.807) is 13.8 Å². The van der Waals surface area contributed by atoms with Crippen LogP contribution < -0.4 is 10.2 Å². The zero-order valence-corrected chi connectivity index (χ0v) is 16.9. The summed E-state index contributed by atoms with van der Waals surface area (Å²) in [7, 11) is 0. The Morgan fingerprint density at radius 1 is 1.08 bits per heavy atom. The average molecular weight is 367 g/mol. The van der Waals surface area contributed by atoms with Gasteiger partial charge in [0, 0.05) is 12.5 Å². The first kappa shape index (κ1) is 23.5. The summed E-state index contributed by atoms with van der Waals surface area (Å²) in [6.45, 7) is 4.87. The van der Waals surface area contributed by atoms with Crippen LogP contribution in [0.4, 0.5) is 0 Å². The van der Waals surface area contributed by atoms with Gasteiger partial charge in [-0.05, 0) is 31.6 Å². The van der Waals surface area contributed by atoms with Crippen molar-refractivity contribution >= 4 is 55.8 Å². The first-order valence-electron chi connectivity index (χ1n) is 8.02. The van der Waals surface area contributed by atoms with E-state index < -0.39 is 29.7 Å². The molecule has 1 aliphatic carbocycles. The molecule has 7 nitrogen and oxygen atoms in total. The number of nitrogens with zero attached hydrogens (tertiary/aromatic N) is 1. The van der Waals surface area contributed by atoms with E-state index in [-0.39, 0.29) is 56.6 Å². The molecule has 132 valence electrons. The Kier molecular flexibility index (Phi) is 10.9. The van der Waals surface area contributed by atoms with Crippen LogP contribution in [0.3, 0.4) is 0 Å². The van der Waals surface area contributed by atoms with Crippen LogP contribution in [0.5, 0.6) is 0 Å². The van der Waals surface area contributed by atoms with Crippen molar-refractivity contribution in [3.8, 4) is 0 Å². The Hall–Kier alpha value is -0.530. The topological polar surface area (TPSA) is 111 Å². The van der Waals surface area contributed by atoms with Crippen molar-refractivity contribution in [3.05, 3.63) is 0 Å². The van der Waals surface area contributed by atoms with Gasteiger partial charge in [0.1, 0.15) is 6.08 Å². The van der Waals surface area contributed by atoms with Crippen molar-refractivity contribution in [2.24, 2.45) is 16.3 Å². The van der Waals surface area contributed by atoms with Gasteiger partial charge in [-0.15, -0.1) is 0 Å². The van der Waals surface area contributed by atoms with Crippen LogP contribution in [-0.2, 0) is 19.1 Å². The van der Waals surface area contributed by atoms with Crippen molar-refractivity contribution < 1.29 is 29.3 Å². The SMILES string of the molecule is CC(OC(=O)C(C)C)OC([O-])=NCC1(CC(=O)[O-])CCCCC1.[Ca+2]. The van der Waals surface area contributed by atoms with Crippen LogP contribution in [-0.4, -0.2) is 68.6 Å². The molecule has 1 atom stereocenters. The fourth-order valence-electron chi connectivity index (χ4n) is 2.73. The fraction of sp³-hybridized carbons (Fsp3) is 0.812. The number of hydrogen-bond acceptors (Lipinski definition) is 7. The smallest absolute Gasteiger partial charge is 0.564 e. The van der Waals surface area contributed by atoms with E-state index in [1.165, 1.54) is 6.92 Å². The van der Waals surface area contributed by atoms with E-state index in [2.05, 4.69) is 4.99 Å². The number of ether oxygens (including phenoxy) is 2. The van der Waals surface area contributed by atoms with Crippen LogP contribution in [0.2, 0.25) is 0 Å². The molecule has 0 aliphatic heterocycles. The number of aliphatic imine (C=N–C) groups is 1. The molecule has 0 heterocycles. The molecule has 1 saturated carbocycles. The Morgan fingerprint density at radius 3 is 2.17 bits per heavy atom. The normalized spacial score (nSPS) is 18.4. The van der Waals surface area contributed by atoms with Crippen molar-refractivity contribution in [1.29, 1.82) is 0 Å². The Bertz CT molecular complexity index is 446. The van der Waals surface area contributed by atoms with Gasteiger partial charge in [0.2, 0.25) is 0 Å². The molecule has 0 saturated heterocycles. The molecular weight excluding hydrogens is 342 g/mol. The first-order valence-corrected chi connectivity index (χ1v) is 8.02. The predicted molar refractivity (Wildman–Crippen MR) is 84.7 cm³/mol. The van der Waals surface area contributed by atoms with Gasteiger partial charge in [0.05, 0.1) is 5.92 Å². The molecule has 0 bridgehead atoms. The zero-order valence-electron chi connectivity index (χ0n) is 14.7. The number of rotatable bonds is 7. The average Bonchev–Trinajstić information content (AvgIpc) is 2.45. The summed E-state index contributed by atoms with van der Waals surface area (Å²) in [5, 5.41) is 22.7. The van der Waals surface area contributed by atoms with E-state index in [1.807, 2.05) is 0 Å². The van der Waals surface area contributed by atoms with Gasteiger partial charge in [-0.2, -0.15) is 0 Å². The van der Waals surface area contributed by atoms with E-state index in [9.17, 15) is 19.8 Å². The van der Waals surface area contributed by atoms with Crippen LogP contribution in [0.15, 0.2) is 4.99 Å². The second-order valence-electron chi connectivity index (χ2n) is 6.47. The van der Waals surface area contributed by atoms with Gasteiger partial charge in [0.15, 0.2) is 6.29 Å². The van der Waals surface area contributed by atoms with Crippen LogP contribution in [0.1, 0.15) is 59.3 Å². The van der Waals surface area contributed by atoms with Crippen LogP contribution >= 0.6 is 0 Å². The van der Waals surface area contributed by atoms with Gasteiger partial charge in [-0.25, -0.2) is 0 Å². The van der Waals surface area contributed by atoms with Gasteiger partial charge in [-0.1, -0.05) is 33.1 Å². The molecule has 0 spiro atoms. The number of carbonyl (C=O) groups is 2. The maximum absolute atomic E-state index is 11.7. The minimum atomic E-state index is -1.13. The molecule has 8 heteroatoms. The van der Waals surface area contributed by atoms with Gasteiger partial charge >= 0.3 is 43.7 Å². The van der Waals surface area contributed by atoms with E-state index in [0.29, 0.717) is 12.8 Å². The summed E-state index contributed by atoms with van der Waals surface area (Å²) in [6.07, 6.45) is 2.32. The summed E-state index contributed by atoms with van der Waals surface area (Å²) in [4.78, 5) is 26.2. The summed E-state index contributed by atoms with van der Waals surface area (Å²) in [6, 6.07) is 0. The van der Waals surface area contributed by atoms with Crippen molar-refractivity contribution in [2.45, 2.75) is 65.6 Å². The second-order valence-corrected chi connectivity index (χ2v) is 6.47. The van der Waals surface area contributed by atoms with Gasteiger partial charge < -0.3 is 24.5 Å². The molecule has 0 radical (unpaired) electrons. The minimum absolute atomic E-state index is 0. The zero-order chi connectivity index (χ0) is 17.5. The summed E-state index contributed by atoms with van der Waals surface area (Å²) in [5.74, 6) is -1.91. The Balaban J connectivity index is 0.00000529. The molecule has 24 heavy (non-hydrogen) atoms. The molecular formula is C16H25CaNO6. The molecule has 0 amide bonds. The standard InChI is InChI=1S/C16H27NO6.Ca/c1-11(2)14(20)22-12(3)23-15(21)17-10-16(9-13(18)19)7-5-4-6-8-16;/h11-12H,4-10H2,1-3H3,(H,17,21)(H,18,19);/q;+2/p-2. The first-order chi connectivity index (χ1) is 10.7. The Labute approximate surface area is 172 Å². The molecule has 0 N–H and O–H groups in total. The molecule has 1 fully saturated rings. The van der Waals surface area contributed by atoms with Crippen LogP contribution in [0.25, 0.3) is 0 Å². The second kappa shape index (κ2) is 11.2. The van der Waals surface area contributed by atoms with E-state index >= 15 is 0 Å².